The van der Waals surface area contributed by atoms with E-state index in [1.54, 1.807) is 0 Å². The lowest BCUT2D eigenvalue weighted by Gasteiger charge is -2.29. The molecule has 0 saturated carbocycles. The van der Waals surface area contributed by atoms with Gasteiger partial charge in [0.2, 0.25) is 5.91 Å². The minimum atomic E-state index is -0.581. The third kappa shape index (κ3) is 4.43. The lowest BCUT2D eigenvalue weighted by Crippen LogP contribution is -2.42. The maximum Gasteiger partial charge on any atom is 0.417 e. The Morgan fingerprint density at radius 2 is 2.19 bits per heavy atom. The van der Waals surface area contributed by atoms with Crippen molar-refractivity contribution in [2.24, 2.45) is 5.92 Å². The molecule has 1 unspecified atom stereocenters. The summed E-state index contributed by atoms with van der Waals surface area (Å²) in [6, 6.07) is -0.0488. The van der Waals surface area contributed by atoms with Crippen molar-refractivity contribution in [3.8, 4) is 0 Å². The van der Waals surface area contributed by atoms with Crippen molar-refractivity contribution < 1.29 is 14.3 Å². The first-order valence-electron chi connectivity index (χ1n) is 7.35. The molecule has 2 aliphatic rings. The molecule has 2 atom stereocenters. The van der Waals surface area contributed by atoms with Crippen LogP contribution in [0.4, 0.5) is 4.79 Å². The van der Waals surface area contributed by atoms with Gasteiger partial charge >= 0.3 is 6.09 Å². The van der Waals surface area contributed by atoms with E-state index in [4.69, 9.17) is 4.74 Å². The van der Waals surface area contributed by atoms with E-state index in [2.05, 4.69) is 28.1 Å². The highest BCUT2D eigenvalue weighted by atomic mass is 79.9. The van der Waals surface area contributed by atoms with E-state index in [9.17, 15) is 9.59 Å². The second-order valence-electron chi connectivity index (χ2n) is 6.62. The van der Waals surface area contributed by atoms with Crippen LogP contribution in [0.5, 0.6) is 0 Å². The highest BCUT2D eigenvalue weighted by Gasteiger charge is 2.39. The Balaban J connectivity index is 2.00. The van der Waals surface area contributed by atoms with Crippen molar-refractivity contribution in [2.75, 3.05) is 0 Å². The molecule has 1 aliphatic heterocycles. The molecule has 2 rings (SSSR count). The fraction of sp³-hybridized carbons (Fsp3) is 0.625. The number of nitrogens with zero attached hydrogens (tertiary/aromatic N) is 1. The number of rotatable bonds is 2. The van der Waals surface area contributed by atoms with Crippen LogP contribution in [-0.4, -0.2) is 28.5 Å². The standard InChI is InChI=1S/C16H22BrNO3/c1-16(2,3)21-15(20)18-13(8-9-14(18)19)10-11-4-6-12(17)7-5-11/h4,6-7,11,13H,5,8-10H2,1-3H3/t11?,13-/m0/s1. The lowest BCUT2D eigenvalue weighted by molar-refractivity contribution is -0.128. The van der Waals surface area contributed by atoms with Crippen LogP contribution < -0.4 is 0 Å². The molecule has 0 aromatic heterocycles. The van der Waals surface area contributed by atoms with Gasteiger partial charge < -0.3 is 4.74 Å². The molecule has 0 bridgehead atoms. The molecule has 1 saturated heterocycles. The van der Waals surface area contributed by atoms with Gasteiger partial charge in [0.25, 0.3) is 0 Å². The van der Waals surface area contributed by atoms with Gasteiger partial charge in [-0.05, 0) is 46.0 Å². The number of halogens is 1. The van der Waals surface area contributed by atoms with Crippen molar-refractivity contribution in [1.82, 2.24) is 4.90 Å². The van der Waals surface area contributed by atoms with Gasteiger partial charge in [0.15, 0.2) is 0 Å². The van der Waals surface area contributed by atoms with Crippen molar-refractivity contribution >= 4 is 27.9 Å². The lowest BCUT2D eigenvalue weighted by atomic mass is 9.92. The Hall–Kier alpha value is -1.10. The smallest absolute Gasteiger partial charge is 0.417 e. The number of likely N-dealkylation sites (tertiary alicyclic amines) is 1. The SMILES string of the molecule is CC(C)(C)OC(=O)N1C(=O)CC[C@H]1CC1C=CC(Br)=CC1. The summed E-state index contributed by atoms with van der Waals surface area (Å²) in [6.45, 7) is 5.44. The summed E-state index contributed by atoms with van der Waals surface area (Å²) >= 11 is 3.44. The van der Waals surface area contributed by atoms with Gasteiger partial charge in [0.1, 0.15) is 5.60 Å². The molecular formula is C16H22BrNO3. The second-order valence-corrected chi connectivity index (χ2v) is 7.53. The topological polar surface area (TPSA) is 46.6 Å². The molecule has 0 spiro atoms. The van der Waals surface area contributed by atoms with E-state index >= 15 is 0 Å². The zero-order chi connectivity index (χ0) is 15.6. The quantitative estimate of drug-likeness (QED) is 0.747. The number of hydrogen-bond donors (Lipinski definition) is 0. The molecule has 0 aromatic rings. The van der Waals surface area contributed by atoms with Crippen molar-refractivity contribution in [1.29, 1.82) is 0 Å². The Labute approximate surface area is 134 Å². The predicted molar refractivity (Wildman–Crippen MR) is 85.0 cm³/mol. The summed E-state index contributed by atoms with van der Waals surface area (Å²) in [5.41, 5.74) is -0.581. The van der Waals surface area contributed by atoms with E-state index in [1.807, 2.05) is 26.8 Å². The Kier molecular flexibility index (Phi) is 4.91. The average Bonchev–Trinajstić information content (AvgIpc) is 2.71. The summed E-state index contributed by atoms with van der Waals surface area (Å²) < 4.78 is 6.45. The molecule has 5 heteroatoms. The molecule has 1 heterocycles. The molecule has 21 heavy (non-hydrogen) atoms. The van der Waals surface area contributed by atoms with Crippen LogP contribution in [0, 0.1) is 5.92 Å². The molecule has 0 aromatic carbocycles. The minimum Gasteiger partial charge on any atom is -0.443 e. The van der Waals surface area contributed by atoms with Crippen molar-refractivity contribution in [3.63, 3.8) is 0 Å². The van der Waals surface area contributed by atoms with E-state index < -0.39 is 11.7 Å². The van der Waals surface area contributed by atoms with Crippen LogP contribution >= 0.6 is 15.9 Å². The van der Waals surface area contributed by atoms with Gasteiger partial charge in [-0.2, -0.15) is 0 Å². The van der Waals surface area contributed by atoms with Crippen LogP contribution in [0.3, 0.4) is 0 Å². The summed E-state index contributed by atoms with van der Waals surface area (Å²) in [7, 11) is 0. The summed E-state index contributed by atoms with van der Waals surface area (Å²) in [5.74, 6) is 0.248. The molecule has 4 nitrogen and oxygen atoms in total. The molecule has 1 fully saturated rings. The number of carbonyl (C=O) groups excluding carboxylic acids is 2. The van der Waals surface area contributed by atoms with E-state index in [1.165, 1.54) is 4.90 Å². The fourth-order valence-corrected chi connectivity index (χ4v) is 3.03. The first-order valence-corrected chi connectivity index (χ1v) is 8.14. The monoisotopic (exact) mass is 355 g/mol. The highest BCUT2D eigenvalue weighted by Crippen LogP contribution is 2.30. The summed E-state index contributed by atoms with van der Waals surface area (Å²) in [6.07, 6.45) is 8.68. The number of allylic oxidation sites excluding steroid dienone is 4. The predicted octanol–water partition coefficient (Wildman–Crippen LogP) is 4.16. The zero-order valence-corrected chi connectivity index (χ0v) is 14.4. The number of amides is 2. The van der Waals surface area contributed by atoms with Gasteiger partial charge in [-0.1, -0.05) is 34.2 Å². The number of ether oxygens (including phenoxy) is 1. The van der Waals surface area contributed by atoms with Gasteiger partial charge in [0.05, 0.1) is 0 Å². The summed E-state index contributed by atoms with van der Waals surface area (Å²) in [4.78, 5) is 25.5. The van der Waals surface area contributed by atoms with Crippen LogP contribution in [0.2, 0.25) is 0 Å². The van der Waals surface area contributed by atoms with Gasteiger partial charge in [-0.15, -0.1) is 0 Å². The maximum atomic E-state index is 12.2. The molecule has 0 radical (unpaired) electrons. The van der Waals surface area contributed by atoms with Crippen LogP contribution in [0.1, 0.15) is 46.5 Å². The maximum absolute atomic E-state index is 12.2. The van der Waals surface area contributed by atoms with Crippen molar-refractivity contribution in [3.05, 3.63) is 22.7 Å². The normalized spacial score (nSPS) is 26.0. The largest absolute Gasteiger partial charge is 0.443 e. The molecular weight excluding hydrogens is 334 g/mol. The van der Waals surface area contributed by atoms with Gasteiger partial charge in [-0.25, -0.2) is 9.69 Å². The highest BCUT2D eigenvalue weighted by molar-refractivity contribution is 9.11. The minimum absolute atomic E-state index is 0.0488. The Bertz CT molecular complexity index is 490. The number of imide groups is 1. The van der Waals surface area contributed by atoms with Crippen molar-refractivity contribution in [2.45, 2.75) is 58.1 Å². The molecule has 0 N–H and O–H groups in total. The van der Waals surface area contributed by atoms with E-state index in [0.717, 1.165) is 23.7 Å². The third-order valence-electron chi connectivity index (χ3n) is 3.63. The van der Waals surface area contributed by atoms with E-state index in [0.29, 0.717) is 12.3 Å². The fourth-order valence-electron chi connectivity index (χ4n) is 2.69. The van der Waals surface area contributed by atoms with Crippen LogP contribution in [0.25, 0.3) is 0 Å². The Morgan fingerprint density at radius 3 is 2.76 bits per heavy atom. The molecule has 116 valence electrons. The summed E-state index contributed by atoms with van der Waals surface area (Å²) in [5, 5.41) is 0. The first-order chi connectivity index (χ1) is 9.76. The number of hydrogen-bond acceptors (Lipinski definition) is 3. The van der Waals surface area contributed by atoms with E-state index in [-0.39, 0.29) is 11.9 Å². The molecule has 2 amide bonds. The molecule has 1 aliphatic carbocycles. The first kappa shape index (κ1) is 16.3. The van der Waals surface area contributed by atoms with Crippen LogP contribution in [0.15, 0.2) is 22.7 Å². The number of carbonyl (C=O) groups is 2. The van der Waals surface area contributed by atoms with Gasteiger partial charge in [0, 0.05) is 16.9 Å². The third-order valence-corrected chi connectivity index (χ3v) is 4.22. The zero-order valence-electron chi connectivity index (χ0n) is 12.8. The van der Waals surface area contributed by atoms with Gasteiger partial charge in [-0.3, -0.25) is 4.79 Å². The van der Waals surface area contributed by atoms with Crippen LogP contribution in [-0.2, 0) is 9.53 Å². The average molecular weight is 356 g/mol. The Morgan fingerprint density at radius 1 is 1.48 bits per heavy atom. The second kappa shape index (κ2) is 6.34.